The number of ether oxygens (including phenoxy) is 2. The molecule has 5 heteroatoms. The van der Waals surface area contributed by atoms with Crippen molar-refractivity contribution >= 4 is 5.91 Å². The lowest BCUT2D eigenvalue weighted by molar-refractivity contribution is -0.140. The molecule has 0 aliphatic heterocycles. The number of aliphatic hydroxyl groups is 1. The van der Waals surface area contributed by atoms with E-state index in [0.717, 1.165) is 5.75 Å². The molecular formula is C15H23NO4. The van der Waals surface area contributed by atoms with Gasteiger partial charge < -0.3 is 19.5 Å². The summed E-state index contributed by atoms with van der Waals surface area (Å²) in [6, 6.07) is 7.10. The molecule has 1 unspecified atom stereocenters. The summed E-state index contributed by atoms with van der Waals surface area (Å²) in [5.41, 5.74) is 0. The lowest BCUT2D eigenvalue weighted by atomic mass is 10.2. The molecule has 1 aromatic rings. The molecule has 1 rings (SSSR count). The zero-order valence-corrected chi connectivity index (χ0v) is 12.5. The average Bonchev–Trinajstić information content (AvgIpc) is 2.44. The van der Waals surface area contributed by atoms with Crippen molar-refractivity contribution in [2.45, 2.75) is 32.9 Å². The van der Waals surface area contributed by atoms with Crippen molar-refractivity contribution in [3.8, 4) is 11.5 Å². The Bertz CT molecular complexity index is 416. The zero-order valence-electron chi connectivity index (χ0n) is 12.5. The highest BCUT2D eigenvalue weighted by Crippen LogP contribution is 2.18. The first-order valence-corrected chi connectivity index (χ1v) is 6.71. The van der Waals surface area contributed by atoms with Gasteiger partial charge in [-0.1, -0.05) is 0 Å². The quantitative estimate of drug-likeness (QED) is 0.826. The van der Waals surface area contributed by atoms with E-state index in [9.17, 15) is 4.79 Å². The van der Waals surface area contributed by atoms with Gasteiger partial charge in [-0.2, -0.15) is 0 Å². The summed E-state index contributed by atoms with van der Waals surface area (Å²) in [5, 5.41) is 9.02. The molecule has 0 aliphatic carbocycles. The van der Waals surface area contributed by atoms with Crippen LogP contribution in [0.15, 0.2) is 24.3 Å². The molecule has 0 radical (unpaired) electrons. The highest BCUT2D eigenvalue weighted by atomic mass is 16.5. The number of nitrogens with zero attached hydrogens (tertiary/aromatic N) is 1. The molecule has 1 amide bonds. The highest BCUT2D eigenvalue weighted by Gasteiger charge is 2.23. The lowest BCUT2D eigenvalue weighted by Crippen LogP contribution is -2.45. The molecule has 0 bridgehead atoms. The smallest absolute Gasteiger partial charge is 0.263 e. The van der Waals surface area contributed by atoms with Crippen molar-refractivity contribution in [2.75, 3.05) is 20.3 Å². The Labute approximate surface area is 120 Å². The number of carbonyl (C=O) groups excluding carboxylic acids is 1. The summed E-state index contributed by atoms with van der Waals surface area (Å²) in [5.74, 6) is 1.21. The van der Waals surface area contributed by atoms with Crippen LogP contribution in [-0.4, -0.2) is 48.3 Å². The molecule has 0 saturated heterocycles. The van der Waals surface area contributed by atoms with E-state index in [0.29, 0.717) is 12.3 Å². The summed E-state index contributed by atoms with van der Waals surface area (Å²) in [7, 11) is 1.59. The van der Waals surface area contributed by atoms with Crippen LogP contribution in [0.2, 0.25) is 0 Å². The van der Waals surface area contributed by atoms with E-state index in [-0.39, 0.29) is 18.6 Å². The number of amides is 1. The Morgan fingerprint density at radius 3 is 2.20 bits per heavy atom. The Morgan fingerprint density at radius 2 is 1.75 bits per heavy atom. The zero-order chi connectivity index (χ0) is 15.1. The van der Waals surface area contributed by atoms with E-state index in [2.05, 4.69) is 0 Å². The second-order valence-electron chi connectivity index (χ2n) is 4.78. The van der Waals surface area contributed by atoms with Crippen LogP contribution in [0.25, 0.3) is 0 Å². The summed E-state index contributed by atoms with van der Waals surface area (Å²) in [6.45, 7) is 5.78. The van der Waals surface area contributed by atoms with Gasteiger partial charge >= 0.3 is 0 Å². The van der Waals surface area contributed by atoms with Crippen LogP contribution in [0.4, 0.5) is 0 Å². The summed E-state index contributed by atoms with van der Waals surface area (Å²) >= 11 is 0. The van der Waals surface area contributed by atoms with E-state index in [1.807, 2.05) is 13.8 Å². The summed E-state index contributed by atoms with van der Waals surface area (Å²) in [6.07, 6.45) is -0.600. The maximum absolute atomic E-state index is 12.3. The fourth-order valence-electron chi connectivity index (χ4n) is 1.87. The third-order valence-electron chi connectivity index (χ3n) is 2.97. The van der Waals surface area contributed by atoms with Crippen molar-refractivity contribution in [2.24, 2.45) is 0 Å². The number of methoxy groups -OCH3 is 1. The van der Waals surface area contributed by atoms with E-state index in [1.165, 1.54) is 0 Å². The van der Waals surface area contributed by atoms with Gasteiger partial charge in [-0.15, -0.1) is 0 Å². The van der Waals surface area contributed by atoms with Crippen molar-refractivity contribution in [1.82, 2.24) is 4.90 Å². The summed E-state index contributed by atoms with van der Waals surface area (Å²) in [4.78, 5) is 13.9. The molecular weight excluding hydrogens is 258 g/mol. The van der Waals surface area contributed by atoms with Gasteiger partial charge in [0.2, 0.25) is 0 Å². The van der Waals surface area contributed by atoms with Crippen LogP contribution in [0.3, 0.4) is 0 Å². The van der Waals surface area contributed by atoms with Crippen molar-refractivity contribution in [1.29, 1.82) is 0 Å². The fraction of sp³-hybridized carbons (Fsp3) is 0.533. The molecule has 0 fully saturated rings. The molecule has 0 aromatic heterocycles. The molecule has 1 N–H and O–H groups in total. The van der Waals surface area contributed by atoms with Crippen LogP contribution < -0.4 is 9.47 Å². The lowest BCUT2D eigenvalue weighted by Gasteiger charge is -2.28. The number of carbonyl (C=O) groups is 1. The van der Waals surface area contributed by atoms with Crippen molar-refractivity contribution in [3.05, 3.63) is 24.3 Å². The van der Waals surface area contributed by atoms with Gasteiger partial charge in [0.15, 0.2) is 6.10 Å². The predicted octanol–water partition coefficient (Wildman–Crippen LogP) is 1.69. The standard InChI is InChI=1S/C15H23NO4/c1-11(2)16(9-10-17)15(18)12(3)20-14-7-5-13(19-4)6-8-14/h5-8,11-12,17H,9-10H2,1-4H3. The Balaban J connectivity index is 2.67. The topological polar surface area (TPSA) is 59.0 Å². The van der Waals surface area contributed by atoms with Crippen molar-refractivity contribution < 1.29 is 19.4 Å². The number of benzene rings is 1. The van der Waals surface area contributed by atoms with Gasteiger partial charge in [0.1, 0.15) is 11.5 Å². The number of hydrogen-bond donors (Lipinski definition) is 1. The minimum atomic E-state index is -0.600. The Hall–Kier alpha value is -1.75. The molecule has 20 heavy (non-hydrogen) atoms. The molecule has 0 spiro atoms. The molecule has 1 aromatic carbocycles. The Morgan fingerprint density at radius 1 is 1.20 bits per heavy atom. The normalized spacial score (nSPS) is 12.1. The fourth-order valence-corrected chi connectivity index (χ4v) is 1.87. The second-order valence-corrected chi connectivity index (χ2v) is 4.78. The minimum Gasteiger partial charge on any atom is -0.497 e. The van der Waals surface area contributed by atoms with E-state index in [1.54, 1.807) is 43.2 Å². The molecule has 5 nitrogen and oxygen atoms in total. The van der Waals surface area contributed by atoms with Gasteiger partial charge in [-0.3, -0.25) is 4.79 Å². The molecule has 0 aliphatic rings. The SMILES string of the molecule is COc1ccc(OC(C)C(=O)N(CCO)C(C)C)cc1. The molecule has 1 atom stereocenters. The van der Waals surface area contributed by atoms with E-state index in [4.69, 9.17) is 14.6 Å². The van der Waals surface area contributed by atoms with Gasteiger partial charge in [0.25, 0.3) is 5.91 Å². The second kappa shape index (κ2) is 7.75. The van der Waals surface area contributed by atoms with Gasteiger partial charge in [0.05, 0.1) is 13.7 Å². The van der Waals surface area contributed by atoms with Gasteiger partial charge in [0, 0.05) is 12.6 Å². The largest absolute Gasteiger partial charge is 0.497 e. The van der Waals surface area contributed by atoms with Gasteiger partial charge in [-0.05, 0) is 45.0 Å². The third-order valence-corrected chi connectivity index (χ3v) is 2.97. The van der Waals surface area contributed by atoms with Crippen LogP contribution in [0, 0.1) is 0 Å². The first-order valence-electron chi connectivity index (χ1n) is 6.71. The van der Waals surface area contributed by atoms with Crippen molar-refractivity contribution in [3.63, 3.8) is 0 Å². The number of aliphatic hydroxyl groups excluding tert-OH is 1. The molecule has 0 heterocycles. The van der Waals surface area contributed by atoms with Crippen LogP contribution in [0.1, 0.15) is 20.8 Å². The van der Waals surface area contributed by atoms with E-state index < -0.39 is 6.10 Å². The van der Waals surface area contributed by atoms with E-state index >= 15 is 0 Å². The predicted molar refractivity (Wildman–Crippen MR) is 77.0 cm³/mol. The maximum Gasteiger partial charge on any atom is 0.263 e. The maximum atomic E-state index is 12.3. The minimum absolute atomic E-state index is 0.0246. The first-order chi connectivity index (χ1) is 9.49. The monoisotopic (exact) mass is 281 g/mol. The van der Waals surface area contributed by atoms with Crippen LogP contribution in [0.5, 0.6) is 11.5 Å². The number of rotatable bonds is 7. The van der Waals surface area contributed by atoms with Gasteiger partial charge in [-0.25, -0.2) is 0 Å². The molecule has 112 valence electrons. The highest BCUT2D eigenvalue weighted by molar-refractivity contribution is 5.81. The third kappa shape index (κ3) is 4.42. The van der Waals surface area contributed by atoms with Crippen LogP contribution >= 0.6 is 0 Å². The number of hydrogen-bond acceptors (Lipinski definition) is 4. The average molecular weight is 281 g/mol. The first kappa shape index (κ1) is 16.3. The van der Waals surface area contributed by atoms with Crippen LogP contribution in [-0.2, 0) is 4.79 Å². The molecule has 0 saturated carbocycles. The summed E-state index contributed by atoms with van der Waals surface area (Å²) < 4.78 is 10.7. The Kier molecular flexibility index (Phi) is 6.31.